The zero-order valence-corrected chi connectivity index (χ0v) is 24.1. The molecule has 2 aromatic rings. The lowest BCUT2D eigenvalue weighted by Crippen LogP contribution is -2.16. The maximum atomic E-state index is 12.3. The smallest absolute Gasteiger partial charge is 0.343 e. The third-order valence-electron chi connectivity index (χ3n) is 6.83. The van der Waals surface area contributed by atoms with Crippen molar-refractivity contribution in [2.24, 2.45) is 5.10 Å². The molecule has 0 aliphatic carbocycles. The Kier molecular flexibility index (Phi) is 17.1. The number of amides is 1. The van der Waals surface area contributed by atoms with Gasteiger partial charge in [0.15, 0.2) is 0 Å². The number of ether oxygens (including phenoxy) is 2. The van der Waals surface area contributed by atoms with Gasteiger partial charge in [-0.1, -0.05) is 96.8 Å². The van der Waals surface area contributed by atoms with Gasteiger partial charge in [0.1, 0.15) is 11.5 Å². The van der Waals surface area contributed by atoms with Gasteiger partial charge >= 0.3 is 5.97 Å². The fourth-order valence-corrected chi connectivity index (χ4v) is 4.41. The highest BCUT2D eigenvalue weighted by Gasteiger charge is 2.08. The Bertz CT molecular complexity index is 955. The normalized spacial score (nSPS) is 11.0. The molecule has 214 valence electrons. The Labute approximate surface area is 235 Å². The highest BCUT2D eigenvalue weighted by atomic mass is 16.5. The molecule has 0 atom stereocenters. The zero-order valence-electron chi connectivity index (χ0n) is 24.1. The molecule has 1 amide bonds. The number of nitrogens with zero attached hydrogens (tertiary/aromatic N) is 1. The number of hydrogen-bond acceptors (Lipinski definition) is 5. The summed E-state index contributed by atoms with van der Waals surface area (Å²) in [5, 5.41) is 4.04. The third-order valence-corrected chi connectivity index (χ3v) is 6.83. The summed E-state index contributed by atoms with van der Waals surface area (Å²) in [6.07, 6.45) is 21.7. The fraction of sp³-hybridized carbons (Fsp3) is 0.545. The molecule has 0 bridgehead atoms. The van der Waals surface area contributed by atoms with Crippen molar-refractivity contribution in [3.63, 3.8) is 0 Å². The fourth-order valence-electron chi connectivity index (χ4n) is 4.41. The summed E-state index contributed by atoms with van der Waals surface area (Å²) >= 11 is 0. The van der Waals surface area contributed by atoms with E-state index in [1.807, 2.05) is 0 Å². The largest absolute Gasteiger partial charge is 0.497 e. The van der Waals surface area contributed by atoms with Crippen molar-refractivity contribution in [3.8, 4) is 11.5 Å². The second kappa shape index (κ2) is 20.8. The Balaban J connectivity index is 1.47. The van der Waals surface area contributed by atoms with Crippen LogP contribution in [0.25, 0.3) is 0 Å². The van der Waals surface area contributed by atoms with Crippen LogP contribution in [-0.2, 0) is 4.79 Å². The molecule has 2 rings (SSSR count). The number of esters is 1. The molecule has 0 saturated heterocycles. The highest BCUT2D eigenvalue weighted by molar-refractivity contribution is 5.91. The van der Waals surface area contributed by atoms with Gasteiger partial charge in [-0.3, -0.25) is 4.79 Å². The molecule has 6 nitrogen and oxygen atoms in total. The van der Waals surface area contributed by atoms with Crippen LogP contribution in [0.3, 0.4) is 0 Å². The van der Waals surface area contributed by atoms with E-state index in [0.29, 0.717) is 23.5 Å². The molecule has 0 aliphatic heterocycles. The molecule has 39 heavy (non-hydrogen) atoms. The number of benzene rings is 2. The van der Waals surface area contributed by atoms with E-state index < -0.39 is 5.97 Å². The van der Waals surface area contributed by atoms with Crippen LogP contribution in [0.5, 0.6) is 11.5 Å². The predicted molar refractivity (Wildman–Crippen MR) is 160 cm³/mol. The quantitative estimate of drug-likeness (QED) is 0.0569. The van der Waals surface area contributed by atoms with Crippen LogP contribution in [0.1, 0.15) is 126 Å². The van der Waals surface area contributed by atoms with E-state index in [4.69, 9.17) is 9.47 Å². The Morgan fingerprint density at radius 3 is 1.69 bits per heavy atom. The minimum Gasteiger partial charge on any atom is -0.497 e. The van der Waals surface area contributed by atoms with Crippen LogP contribution in [0.15, 0.2) is 53.6 Å². The molecule has 6 heteroatoms. The number of unbranched alkanes of at least 4 members (excludes halogenated alkanes) is 14. The molecule has 0 spiro atoms. The van der Waals surface area contributed by atoms with E-state index in [-0.39, 0.29) is 5.91 Å². The number of nitrogens with one attached hydrogen (secondary N) is 1. The molecular weight excluding hydrogens is 488 g/mol. The van der Waals surface area contributed by atoms with Crippen molar-refractivity contribution < 1.29 is 19.1 Å². The van der Waals surface area contributed by atoms with Crippen LogP contribution >= 0.6 is 0 Å². The van der Waals surface area contributed by atoms with Gasteiger partial charge in [-0.15, -0.1) is 0 Å². The molecule has 0 aromatic heterocycles. The second-order valence-electron chi connectivity index (χ2n) is 10.2. The molecule has 0 saturated carbocycles. The van der Waals surface area contributed by atoms with Crippen molar-refractivity contribution in [1.29, 1.82) is 0 Å². The molecule has 0 heterocycles. The summed E-state index contributed by atoms with van der Waals surface area (Å²) in [6, 6.07) is 13.7. The molecule has 0 radical (unpaired) electrons. The van der Waals surface area contributed by atoms with E-state index in [1.165, 1.54) is 83.5 Å². The van der Waals surface area contributed by atoms with Crippen molar-refractivity contribution >= 4 is 18.1 Å². The van der Waals surface area contributed by atoms with E-state index in [9.17, 15) is 9.59 Å². The molecule has 2 aromatic carbocycles. The summed E-state index contributed by atoms with van der Waals surface area (Å²) in [6.45, 7) is 2.27. The minimum absolute atomic E-state index is 0.0639. The number of rotatable bonds is 21. The molecule has 0 fully saturated rings. The Morgan fingerprint density at radius 1 is 0.692 bits per heavy atom. The first-order chi connectivity index (χ1) is 19.1. The highest BCUT2D eigenvalue weighted by Crippen LogP contribution is 2.17. The van der Waals surface area contributed by atoms with Crippen LogP contribution in [-0.4, -0.2) is 25.2 Å². The van der Waals surface area contributed by atoms with Gasteiger partial charge in [0.25, 0.3) is 0 Å². The first-order valence-corrected chi connectivity index (χ1v) is 14.9. The van der Waals surface area contributed by atoms with Crippen molar-refractivity contribution in [1.82, 2.24) is 5.43 Å². The van der Waals surface area contributed by atoms with Crippen LogP contribution in [0.2, 0.25) is 0 Å². The number of carbonyl (C=O) groups is 2. The van der Waals surface area contributed by atoms with Gasteiger partial charge in [0.2, 0.25) is 5.91 Å². The van der Waals surface area contributed by atoms with Gasteiger partial charge in [-0.05, 0) is 60.5 Å². The summed E-state index contributed by atoms with van der Waals surface area (Å²) in [5.41, 5.74) is 3.83. The standard InChI is InChI=1S/C33H48N2O4/c1-3-4-5-6-7-8-9-10-11-12-13-14-15-16-17-18-32(36)35-34-27-28-19-23-31(24-20-28)39-33(37)29-21-25-30(38-2)26-22-29/h19-27H,3-18H2,1-2H3,(H,35,36)/b34-27-. The lowest BCUT2D eigenvalue weighted by Gasteiger charge is -2.05. The van der Waals surface area contributed by atoms with E-state index in [1.54, 1.807) is 61.9 Å². The van der Waals surface area contributed by atoms with Gasteiger partial charge in [-0.25, -0.2) is 10.2 Å². The SMILES string of the molecule is CCCCCCCCCCCCCCCCCC(=O)N/N=C\c1ccc(OC(=O)c2ccc(OC)cc2)cc1. The topological polar surface area (TPSA) is 77.0 Å². The summed E-state index contributed by atoms with van der Waals surface area (Å²) in [5.74, 6) is 0.610. The average molecular weight is 537 g/mol. The summed E-state index contributed by atoms with van der Waals surface area (Å²) < 4.78 is 10.5. The second-order valence-corrected chi connectivity index (χ2v) is 10.2. The summed E-state index contributed by atoms with van der Waals surface area (Å²) in [4.78, 5) is 24.3. The van der Waals surface area contributed by atoms with Gasteiger partial charge in [-0.2, -0.15) is 5.10 Å². The number of methoxy groups -OCH3 is 1. The predicted octanol–water partition coefficient (Wildman–Crippen LogP) is 8.63. The molecule has 1 N–H and O–H groups in total. The number of hydrazone groups is 1. The lowest BCUT2D eigenvalue weighted by atomic mass is 10.0. The Morgan fingerprint density at radius 2 is 1.18 bits per heavy atom. The Hall–Kier alpha value is -3.15. The van der Waals surface area contributed by atoms with Gasteiger partial charge < -0.3 is 9.47 Å². The van der Waals surface area contributed by atoms with Crippen LogP contribution < -0.4 is 14.9 Å². The van der Waals surface area contributed by atoms with Crippen LogP contribution in [0, 0.1) is 0 Å². The van der Waals surface area contributed by atoms with Gasteiger partial charge in [0, 0.05) is 6.42 Å². The summed E-state index contributed by atoms with van der Waals surface area (Å²) in [7, 11) is 1.57. The van der Waals surface area contributed by atoms with E-state index in [2.05, 4.69) is 17.5 Å². The van der Waals surface area contributed by atoms with Crippen molar-refractivity contribution in [3.05, 3.63) is 59.7 Å². The molecule has 0 aliphatic rings. The first kappa shape index (κ1) is 32.1. The van der Waals surface area contributed by atoms with Crippen LogP contribution in [0.4, 0.5) is 0 Å². The lowest BCUT2D eigenvalue weighted by molar-refractivity contribution is -0.121. The minimum atomic E-state index is -0.440. The van der Waals surface area contributed by atoms with E-state index >= 15 is 0 Å². The monoisotopic (exact) mass is 536 g/mol. The zero-order chi connectivity index (χ0) is 28.0. The first-order valence-electron chi connectivity index (χ1n) is 14.9. The van der Waals surface area contributed by atoms with Crippen molar-refractivity contribution in [2.75, 3.05) is 7.11 Å². The maximum Gasteiger partial charge on any atom is 0.343 e. The molecular formula is C33H48N2O4. The van der Waals surface area contributed by atoms with Crippen molar-refractivity contribution in [2.45, 2.75) is 110 Å². The molecule has 0 unspecified atom stereocenters. The number of carbonyl (C=O) groups excluding carboxylic acids is 2. The van der Waals surface area contributed by atoms with E-state index in [0.717, 1.165) is 18.4 Å². The van der Waals surface area contributed by atoms with Gasteiger partial charge in [0.05, 0.1) is 18.9 Å². The maximum absolute atomic E-state index is 12.3. The average Bonchev–Trinajstić information content (AvgIpc) is 2.96. The third kappa shape index (κ3) is 15.1. The number of hydrogen-bond donors (Lipinski definition) is 1.